The molecule has 2 nitrogen and oxygen atoms in total. The van der Waals surface area contributed by atoms with E-state index >= 15 is 0 Å². The molecule has 1 aromatic rings. The summed E-state index contributed by atoms with van der Waals surface area (Å²) < 4.78 is 5.96. The molecule has 0 bridgehead atoms. The van der Waals surface area contributed by atoms with Crippen molar-refractivity contribution in [2.75, 3.05) is 0 Å². The van der Waals surface area contributed by atoms with E-state index in [-0.39, 0.29) is 17.8 Å². The van der Waals surface area contributed by atoms with Gasteiger partial charge in [0.15, 0.2) is 14.1 Å². The molecule has 0 spiro atoms. The van der Waals surface area contributed by atoms with Crippen molar-refractivity contribution in [3.8, 4) is 0 Å². The Morgan fingerprint density at radius 3 is 2.12 bits per heavy atom. The molecule has 17 heavy (non-hydrogen) atoms. The van der Waals surface area contributed by atoms with Crippen LogP contribution in [-0.2, 0) is 4.43 Å². The minimum absolute atomic E-state index is 0.0191. The van der Waals surface area contributed by atoms with Gasteiger partial charge in [0.25, 0.3) is 0 Å². The zero-order valence-electron chi connectivity index (χ0n) is 11.4. The van der Waals surface area contributed by atoms with Crippen LogP contribution in [0.3, 0.4) is 0 Å². The monoisotopic (exact) mass is 250 g/mol. The maximum Gasteiger partial charge on any atom is 0.184 e. The Morgan fingerprint density at radius 2 is 1.65 bits per heavy atom. The zero-order chi connectivity index (χ0) is 13.1. The van der Waals surface area contributed by atoms with E-state index in [2.05, 4.69) is 19.6 Å². The Hall–Kier alpha value is -0.933. The summed E-state index contributed by atoms with van der Waals surface area (Å²) in [7, 11) is -1.58. The van der Waals surface area contributed by atoms with Crippen molar-refractivity contribution < 1.29 is 9.22 Å². The molecule has 3 heteroatoms. The van der Waals surface area contributed by atoms with E-state index in [0.29, 0.717) is 0 Å². The lowest BCUT2D eigenvalue weighted by atomic mass is 9.95. The molecule has 0 aromatic heterocycles. The second-order valence-corrected chi connectivity index (χ2v) is 9.91. The lowest BCUT2D eigenvalue weighted by molar-refractivity contribution is 0.0791. The van der Waals surface area contributed by atoms with Gasteiger partial charge in [0.2, 0.25) is 0 Å². The molecule has 0 aliphatic heterocycles. The van der Waals surface area contributed by atoms with Crippen LogP contribution >= 0.6 is 0 Å². The van der Waals surface area contributed by atoms with Crippen molar-refractivity contribution in [1.82, 2.24) is 0 Å². The minimum Gasteiger partial charge on any atom is -0.414 e. The summed E-state index contributed by atoms with van der Waals surface area (Å²) in [5.74, 6) is 0.0699. The number of Topliss-reactive ketones (excluding diaryl/α,β-unsaturated/α-hetero) is 1. The first-order valence-corrected chi connectivity index (χ1v) is 9.49. The van der Waals surface area contributed by atoms with Crippen LogP contribution in [0.5, 0.6) is 0 Å². The third-order valence-electron chi connectivity index (χ3n) is 2.72. The summed E-state index contributed by atoms with van der Waals surface area (Å²) in [6, 6.07) is 9.43. The number of benzene rings is 1. The van der Waals surface area contributed by atoms with E-state index in [0.717, 1.165) is 5.56 Å². The largest absolute Gasteiger partial charge is 0.414 e. The Morgan fingerprint density at radius 1 is 1.12 bits per heavy atom. The highest BCUT2D eigenvalue weighted by Gasteiger charge is 2.26. The molecule has 0 aliphatic carbocycles. The Labute approximate surface area is 105 Å². The predicted octanol–water partition coefficient (Wildman–Crippen LogP) is 3.75. The summed E-state index contributed by atoms with van der Waals surface area (Å²) in [4.78, 5) is 12.2. The van der Waals surface area contributed by atoms with Crippen LogP contribution in [0.4, 0.5) is 0 Å². The molecule has 1 rings (SSSR count). The van der Waals surface area contributed by atoms with Crippen LogP contribution in [0.2, 0.25) is 19.6 Å². The second kappa shape index (κ2) is 5.60. The number of rotatable bonds is 5. The van der Waals surface area contributed by atoms with Crippen molar-refractivity contribution in [3.05, 3.63) is 35.9 Å². The van der Waals surface area contributed by atoms with Gasteiger partial charge in [-0.25, -0.2) is 0 Å². The van der Waals surface area contributed by atoms with Gasteiger partial charge in [-0.3, -0.25) is 4.79 Å². The molecule has 2 unspecified atom stereocenters. The fraction of sp³-hybridized carbons (Fsp3) is 0.500. The average molecular weight is 250 g/mol. The van der Waals surface area contributed by atoms with E-state index < -0.39 is 8.32 Å². The fourth-order valence-corrected chi connectivity index (χ4v) is 3.06. The maximum absolute atomic E-state index is 12.2. The minimum atomic E-state index is -1.58. The molecular weight excluding hydrogens is 228 g/mol. The van der Waals surface area contributed by atoms with Gasteiger partial charge in [0, 0.05) is 11.5 Å². The fourth-order valence-electron chi connectivity index (χ4n) is 1.74. The molecule has 0 aliphatic rings. The van der Waals surface area contributed by atoms with Crippen molar-refractivity contribution in [1.29, 1.82) is 0 Å². The van der Waals surface area contributed by atoms with Gasteiger partial charge in [-0.2, -0.15) is 0 Å². The van der Waals surface area contributed by atoms with Gasteiger partial charge in [-0.05, 0) is 26.6 Å². The first-order valence-electron chi connectivity index (χ1n) is 6.08. The molecule has 0 amide bonds. The lowest BCUT2D eigenvalue weighted by Gasteiger charge is -2.27. The van der Waals surface area contributed by atoms with Crippen LogP contribution < -0.4 is 0 Å². The molecule has 2 atom stereocenters. The van der Waals surface area contributed by atoms with Crippen molar-refractivity contribution in [2.24, 2.45) is 5.92 Å². The first kappa shape index (κ1) is 14.1. The highest BCUT2D eigenvalue weighted by Crippen LogP contribution is 2.18. The van der Waals surface area contributed by atoms with Gasteiger partial charge in [-0.1, -0.05) is 37.3 Å². The molecular formula is C14H22O2Si. The van der Waals surface area contributed by atoms with Gasteiger partial charge in [-0.15, -0.1) is 0 Å². The van der Waals surface area contributed by atoms with Crippen molar-refractivity contribution in [3.63, 3.8) is 0 Å². The van der Waals surface area contributed by atoms with E-state index in [9.17, 15) is 4.79 Å². The molecule has 0 saturated heterocycles. The Bertz CT molecular complexity index is 368. The van der Waals surface area contributed by atoms with Gasteiger partial charge in [0.1, 0.15) is 0 Å². The summed E-state index contributed by atoms with van der Waals surface area (Å²) >= 11 is 0. The van der Waals surface area contributed by atoms with Crippen LogP contribution in [0, 0.1) is 5.92 Å². The number of carbonyl (C=O) groups is 1. The number of hydrogen-bond donors (Lipinski definition) is 0. The van der Waals surface area contributed by atoms with E-state index in [1.165, 1.54) is 0 Å². The topological polar surface area (TPSA) is 26.3 Å². The SMILES string of the molecule is CC(O[Si](C)(C)C)C(C)C(=O)c1ccccc1. The predicted molar refractivity (Wildman–Crippen MR) is 73.8 cm³/mol. The van der Waals surface area contributed by atoms with Crippen LogP contribution in [0.25, 0.3) is 0 Å². The third kappa shape index (κ3) is 4.44. The van der Waals surface area contributed by atoms with E-state index in [1.54, 1.807) is 0 Å². The summed E-state index contributed by atoms with van der Waals surface area (Å²) in [6.07, 6.45) is -0.0191. The zero-order valence-corrected chi connectivity index (χ0v) is 12.4. The third-order valence-corrected chi connectivity index (χ3v) is 3.79. The summed E-state index contributed by atoms with van der Waals surface area (Å²) in [5.41, 5.74) is 0.769. The quantitative estimate of drug-likeness (QED) is 0.588. The first-order chi connectivity index (χ1) is 7.81. The molecule has 0 N–H and O–H groups in total. The standard InChI is InChI=1S/C14H22O2Si/c1-11(12(2)16-17(3,4)5)14(15)13-9-7-6-8-10-13/h6-12H,1-5H3. The molecule has 0 fully saturated rings. The highest BCUT2D eigenvalue weighted by atomic mass is 28.4. The van der Waals surface area contributed by atoms with Crippen LogP contribution in [0.1, 0.15) is 24.2 Å². The van der Waals surface area contributed by atoms with Gasteiger partial charge in [0.05, 0.1) is 6.10 Å². The smallest absolute Gasteiger partial charge is 0.184 e. The average Bonchev–Trinajstić information content (AvgIpc) is 2.26. The van der Waals surface area contributed by atoms with Gasteiger partial charge >= 0.3 is 0 Å². The lowest BCUT2D eigenvalue weighted by Crippen LogP contribution is -2.36. The van der Waals surface area contributed by atoms with E-state index in [4.69, 9.17) is 4.43 Å². The van der Waals surface area contributed by atoms with Crippen LogP contribution in [0.15, 0.2) is 30.3 Å². The maximum atomic E-state index is 12.2. The van der Waals surface area contributed by atoms with Gasteiger partial charge < -0.3 is 4.43 Å². The number of carbonyl (C=O) groups excluding carboxylic acids is 1. The molecule has 0 heterocycles. The summed E-state index contributed by atoms with van der Waals surface area (Å²) in [5, 5.41) is 0. The number of hydrogen-bond acceptors (Lipinski definition) is 2. The Balaban J connectivity index is 2.70. The summed E-state index contributed by atoms with van der Waals surface area (Å²) in [6.45, 7) is 10.4. The van der Waals surface area contributed by atoms with Crippen molar-refractivity contribution >= 4 is 14.1 Å². The van der Waals surface area contributed by atoms with Crippen LogP contribution in [-0.4, -0.2) is 20.2 Å². The normalized spacial score (nSPS) is 15.4. The molecule has 0 radical (unpaired) electrons. The highest BCUT2D eigenvalue weighted by molar-refractivity contribution is 6.69. The molecule has 94 valence electrons. The molecule has 1 aromatic carbocycles. The second-order valence-electron chi connectivity index (χ2n) is 5.45. The Kier molecular flexibility index (Phi) is 4.66. The number of ketones is 1. The van der Waals surface area contributed by atoms with Crippen molar-refractivity contribution in [2.45, 2.75) is 39.6 Å². The molecule has 0 saturated carbocycles. The van der Waals surface area contributed by atoms with E-state index in [1.807, 2.05) is 44.2 Å².